The Hall–Kier alpha value is -4.50. The number of ether oxygens (including phenoxy) is 3. The molecule has 2 atom stereocenters. The summed E-state index contributed by atoms with van der Waals surface area (Å²) in [7, 11) is 3.09. The van der Waals surface area contributed by atoms with Crippen LogP contribution in [0.25, 0.3) is 22.0 Å². The zero-order valence-corrected chi connectivity index (χ0v) is 21.0. The van der Waals surface area contributed by atoms with E-state index in [9.17, 15) is 19.8 Å². The largest absolute Gasteiger partial charge is 0.493 e. The van der Waals surface area contributed by atoms with Gasteiger partial charge in [0.1, 0.15) is 23.1 Å². The highest BCUT2D eigenvalue weighted by atomic mass is 16.5. The summed E-state index contributed by atoms with van der Waals surface area (Å²) in [6.07, 6.45) is 0.224. The summed E-state index contributed by atoms with van der Waals surface area (Å²) < 4.78 is 16.9. The lowest BCUT2D eigenvalue weighted by Gasteiger charge is -2.22. The van der Waals surface area contributed by atoms with Gasteiger partial charge >= 0.3 is 5.97 Å². The number of aromatic amines is 1. The van der Waals surface area contributed by atoms with E-state index in [2.05, 4.69) is 4.98 Å². The fraction of sp³-hybridized carbons (Fsp3) is 0.241. The number of carboxylic acid groups (broad SMARTS) is 1. The predicted molar refractivity (Wildman–Crippen MR) is 141 cm³/mol. The number of H-pyrrole nitrogens is 1. The van der Waals surface area contributed by atoms with E-state index in [0.717, 1.165) is 22.0 Å². The van der Waals surface area contributed by atoms with Gasteiger partial charge < -0.3 is 35.1 Å². The molecular formula is C29H28N2O7. The Balaban J connectivity index is 1.49. The fourth-order valence-corrected chi connectivity index (χ4v) is 5.19. The molecule has 196 valence electrons. The molecule has 0 saturated heterocycles. The summed E-state index contributed by atoms with van der Waals surface area (Å²) in [6.45, 7) is -0.221. The predicted octanol–water partition coefficient (Wildman–Crippen LogP) is 3.80. The molecule has 9 nitrogen and oxygen atoms in total. The highest BCUT2D eigenvalue weighted by molar-refractivity contribution is 6.00. The number of aliphatic hydroxyl groups is 1. The van der Waals surface area contributed by atoms with E-state index >= 15 is 0 Å². The summed E-state index contributed by atoms with van der Waals surface area (Å²) >= 11 is 0. The van der Waals surface area contributed by atoms with Gasteiger partial charge in [0.05, 0.1) is 14.2 Å². The van der Waals surface area contributed by atoms with Crippen LogP contribution in [0, 0.1) is 5.92 Å². The quantitative estimate of drug-likeness (QED) is 0.265. The molecule has 0 aliphatic carbocycles. The van der Waals surface area contributed by atoms with Crippen molar-refractivity contribution in [2.75, 3.05) is 20.8 Å². The molecule has 0 saturated carbocycles. The molecule has 1 aromatic heterocycles. The van der Waals surface area contributed by atoms with Crippen LogP contribution in [0.2, 0.25) is 0 Å². The lowest BCUT2D eigenvalue weighted by molar-refractivity contribution is 0.0682. The number of fused-ring (bicyclic) bond motifs is 2. The zero-order valence-electron chi connectivity index (χ0n) is 21.0. The van der Waals surface area contributed by atoms with Crippen molar-refractivity contribution in [3.63, 3.8) is 0 Å². The van der Waals surface area contributed by atoms with E-state index in [0.29, 0.717) is 46.9 Å². The van der Waals surface area contributed by atoms with E-state index in [1.807, 2.05) is 36.4 Å². The summed E-state index contributed by atoms with van der Waals surface area (Å²) in [4.78, 5) is 27.4. The average Bonchev–Trinajstić information content (AvgIpc) is 3.52. The Morgan fingerprint density at radius 2 is 1.84 bits per heavy atom. The number of nitrogens with one attached hydrogen (secondary N) is 1. The molecule has 2 heterocycles. The third-order valence-corrected chi connectivity index (χ3v) is 7.09. The van der Waals surface area contributed by atoms with Crippen LogP contribution in [0.15, 0.2) is 54.6 Å². The lowest BCUT2D eigenvalue weighted by atomic mass is 9.89. The molecule has 1 unspecified atom stereocenters. The van der Waals surface area contributed by atoms with Gasteiger partial charge in [-0.25, -0.2) is 4.79 Å². The molecule has 0 fully saturated rings. The van der Waals surface area contributed by atoms with Crippen molar-refractivity contribution in [2.24, 2.45) is 11.7 Å². The Labute approximate surface area is 218 Å². The molecule has 3 aromatic carbocycles. The smallest absolute Gasteiger partial charge is 0.339 e. The Kier molecular flexibility index (Phi) is 6.69. The molecule has 1 aliphatic rings. The van der Waals surface area contributed by atoms with Crippen LogP contribution in [0.5, 0.6) is 17.2 Å². The number of carbonyl (C=O) groups is 2. The van der Waals surface area contributed by atoms with E-state index < -0.39 is 23.9 Å². The zero-order chi connectivity index (χ0) is 27.0. The molecule has 1 amide bonds. The number of hydrogen-bond acceptors (Lipinski definition) is 6. The SMILES string of the molecule is COc1ccc(-c2cc3c(c(C(=O)O)c2)OC([C@@H](CO)Cc2c(C(N)=O)[nH]c4ccccc24)C3)cc1OC. The van der Waals surface area contributed by atoms with Gasteiger partial charge in [-0.05, 0) is 59.0 Å². The van der Waals surface area contributed by atoms with Crippen LogP contribution in [-0.4, -0.2) is 54.0 Å². The van der Waals surface area contributed by atoms with Crippen LogP contribution < -0.4 is 19.9 Å². The summed E-state index contributed by atoms with van der Waals surface area (Å²) in [5.74, 6) is -0.725. The van der Waals surface area contributed by atoms with Gasteiger partial charge in [0.25, 0.3) is 5.91 Å². The molecule has 1 aliphatic heterocycles. The Bertz CT molecular complexity index is 1540. The standard InChI is InChI=1S/C29H28N2O7/c1-36-23-8-7-15(12-25(23)37-2)16-9-17-13-24(38-27(17)21(10-16)29(34)35)18(14-32)11-20-19-5-3-4-6-22(19)31-26(20)28(30)33/h3-10,12,18,24,31-32H,11,13-14H2,1-2H3,(H2,30,33)(H,34,35)/t18-,24?/m1/s1. The highest BCUT2D eigenvalue weighted by Gasteiger charge is 2.35. The minimum atomic E-state index is -1.11. The second kappa shape index (κ2) is 10.1. The number of nitrogens with two attached hydrogens (primary N) is 1. The molecule has 5 N–H and O–H groups in total. The third-order valence-electron chi connectivity index (χ3n) is 7.09. The molecule has 0 spiro atoms. The number of amides is 1. The molecule has 5 rings (SSSR count). The fourth-order valence-electron chi connectivity index (χ4n) is 5.19. The summed E-state index contributed by atoms with van der Waals surface area (Å²) in [5.41, 5.74) is 9.63. The van der Waals surface area contributed by atoms with Gasteiger partial charge in [0, 0.05) is 29.8 Å². The first kappa shape index (κ1) is 25.2. The van der Waals surface area contributed by atoms with Gasteiger partial charge in [0.15, 0.2) is 11.5 Å². The lowest BCUT2D eigenvalue weighted by Crippen LogP contribution is -2.30. The first-order chi connectivity index (χ1) is 18.3. The van der Waals surface area contributed by atoms with Crippen molar-refractivity contribution in [1.82, 2.24) is 4.98 Å². The Morgan fingerprint density at radius 3 is 2.53 bits per heavy atom. The van der Waals surface area contributed by atoms with Gasteiger partial charge in [0.2, 0.25) is 0 Å². The number of rotatable bonds is 9. The van der Waals surface area contributed by atoms with Gasteiger partial charge in [-0.15, -0.1) is 0 Å². The highest BCUT2D eigenvalue weighted by Crippen LogP contribution is 2.41. The summed E-state index contributed by atoms with van der Waals surface area (Å²) in [5, 5.41) is 21.2. The van der Waals surface area contributed by atoms with Crippen LogP contribution >= 0.6 is 0 Å². The number of para-hydroxylation sites is 1. The van der Waals surface area contributed by atoms with Crippen LogP contribution in [0.1, 0.15) is 32.0 Å². The van der Waals surface area contributed by atoms with Crippen molar-refractivity contribution < 1.29 is 34.0 Å². The molecule has 0 bridgehead atoms. The first-order valence-electron chi connectivity index (χ1n) is 12.1. The van der Waals surface area contributed by atoms with Crippen molar-refractivity contribution >= 4 is 22.8 Å². The maximum atomic E-state index is 12.2. The normalized spacial score (nSPS) is 15.1. The third kappa shape index (κ3) is 4.41. The first-order valence-corrected chi connectivity index (χ1v) is 12.1. The van der Waals surface area contributed by atoms with Crippen LogP contribution in [0.3, 0.4) is 0 Å². The van der Waals surface area contributed by atoms with E-state index in [4.69, 9.17) is 19.9 Å². The number of carbonyl (C=O) groups excluding carboxylic acids is 1. The Morgan fingerprint density at radius 1 is 1.08 bits per heavy atom. The van der Waals surface area contributed by atoms with E-state index in [-0.39, 0.29) is 12.2 Å². The number of benzene rings is 3. The van der Waals surface area contributed by atoms with Crippen molar-refractivity contribution in [1.29, 1.82) is 0 Å². The topological polar surface area (TPSA) is 144 Å². The van der Waals surface area contributed by atoms with Crippen LogP contribution in [-0.2, 0) is 12.8 Å². The van der Waals surface area contributed by atoms with Gasteiger partial charge in [-0.1, -0.05) is 24.3 Å². The average molecular weight is 517 g/mol. The van der Waals surface area contributed by atoms with E-state index in [1.165, 1.54) is 7.11 Å². The second-order valence-electron chi connectivity index (χ2n) is 9.28. The number of hydrogen-bond donors (Lipinski definition) is 4. The molecule has 38 heavy (non-hydrogen) atoms. The van der Waals surface area contributed by atoms with Gasteiger partial charge in [-0.2, -0.15) is 0 Å². The van der Waals surface area contributed by atoms with Gasteiger partial charge in [-0.3, -0.25) is 4.79 Å². The number of aromatic carboxylic acids is 1. The number of aliphatic hydroxyl groups excluding tert-OH is 1. The van der Waals surface area contributed by atoms with E-state index in [1.54, 1.807) is 25.3 Å². The molecular weight excluding hydrogens is 488 g/mol. The number of aromatic nitrogens is 1. The number of primary amides is 1. The van der Waals surface area contributed by atoms with Crippen LogP contribution in [0.4, 0.5) is 0 Å². The maximum Gasteiger partial charge on any atom is 0.339 e. The molecule has 0 radical (unpaired) electrons. The minimum Gasteiger partial charge on any atom is -0.493 e. The molecule has 9 heteroatoms. The summed E-state index contributed by atoms with van der Waals surface area (Å²) in [6, 6.07) is 16.3. The second-order valence-corrected chi connectivity index (χ2v) is 9.28. The van der Waals surface area contributed by atoms with Crippen molar-refractivity contribution in [3.05, 3.63) is 77.0 Å². The van der Waals surface area contributed by atoms with Crippen molar-refractivity contribution in [2.45, 2.75) is 18.9 Å². The molecule has 4 aromatic rings. The monoisotopic (exact) mass is 516 g/mol. The number of methoxy groups -OCH3 is 2. The van der Waals surface area contributed by atoms with Crippen molar-refractivity contribution in [3.8, 4) is 28.4 Å². The number of carboxylic acids is 1. The maximum absolute atomic E-state index is 12.2. The minimum absolute atomic E-state index is 0.0383.